The molecule has 6 nitrogen and oxygen atoms in total. The highest BCUT2D eigenvalue weighted by Crippen LogP contribution is 2.10. The number of nitrogens with one attached hydrogen (secondary N) is 1. The molecule has 1 atom stereocenters. The van der Waals surface area contributed by atoms with Crippen LogP contribution in [0.3, 0.4) is 0 Å². The van der Waals surface area contributed by atoms with E-state index in [9.17, 15) is 14.4 Å². The molecule has 0 saturated carbocycles. The van der Waals surface area contributed by atoms with Crippen LogP contribution in [0.25, 0.3) is 11.0 Å². The second-order valence-electron chi connectivity index (χ2n) is 5.31. The predicted molar refractivity (Wildman–Crippen MR) is 86.0 cm³/mol. The van der Waals surface area contributed by atoms with Crippen molar-refractivity contribution in [1.29, 1.82) is 0 Å². The highest BCUT2D eigenvalue weighted by atomic mass is 16.2. The standard InChI is InChI=1S/C16H21N3O3/c1-4-11(3)17-14(20)10-19-13-9-7-6-8-12(13)18(5-2)15(21)16(19)22/h6-9,11H,4-5,10H2,1-3H3,(H,17,20). The average Bonchev–Trinajstić information content (AvgIpc) is 2.52. The molecule has 1 amide bonds. The molecule has 0 aliphatic heterocycles. The maximum Gasteiger partial charge on any atom is 0.317 e. The topological polar surface area (TPSA) is 73.1 Å². The molecule has 0 radical (unpaired) electrons. The van der Waals surface area contributed by atoms with E-state index in [0.29, 0.717) is 17.6 Å². The van der Waals surface area contributed by atoms with E-state index in [1.165, 1.54) is 9.13 Å². The van der Waals surface area contributed by atoms with Gasteiger partial charge in [-0.15, -0.1) is 0 Å². The molecule has 6 heteroatoms. The number of nitrogens with zero attached hydrogens (tertiary/aromatic N) is 2. The van der Waals surface area contributed by atoms with Crippen molar-refractivity contribution in [2.24, 2.45) is 0 Å². The molecule has 0 aliphatic carbocycles. The van der Waals surface area contributed by atoms with Crippen LogP contribution < -0.4 is 16.4 Å². The smallest absolute Gasteiger partial charge is 0.317 e. The van der Waals surface area contributed by atoms with Crippen LogP contribution in [0.4, 0.5) is 0 Å². The lowest BCUT2D eigenvalue weighted by Crippen LogP contribution is -2.44. The molecule has 2 rings (SSSR count). The van der Waals surface area contributed by atoms with Crippen LogP contribution in [-0.2, 0) is 17.9 Å². The van der Waals surface area contributed by atoms with Crippen molar-refractivity contribution in [3.8, 4) is 0 Å². The second kappa shape index (κ2) is 6.60. The number of carbonyl (C=O) groups is 1. The van der Waals surface area contributed by atoms with Gasteiger partial charge in [0.25, 0.3) is 0 Å². The number of aromatic nitrogens is 2. The maximum atomic E-state index is 12.3. The Kier molecular flexibility index (Phi) is 4.80. The number of benzene rings is 1. The van der Waals surface area contributed by atoms with Gasteiger partial charge in [0.15, 0.2) is 0 Å². The highest BCUT2D eigenvalue weighted by molar-refractivity contribution is 5.80. The van der Waals surface area contributed by atoms with Gasteiger partial charge in [-0.25, -0.2) is 0 Å². The van der Waals surface area contributed by atoms with E-state index >= 15 is 0 Å². The Hall–Kier alpha value is -2.37. The fourth-order valence-electron chi connectivity index (χ4n) is 2.41. The maximum absolute atomic E-state index is 12.3. The third-order valence-electron chi connectivity index (χ3n) is 3.77. The third kappa shape index (κ3) is 2.95. The van der Waals surface area contributed by atoms with E-state index in [1.807, 2.05) is 26.8 Å². The summed E-state index contributed by atoms with van der Waals surface area (Å²) in [6.45, 7) is 5.94. The third-order valence-corrected chi connectivity index (χ3v) is 3.77. The summed E-state index contributed by atoms with van der Waals surface area (Å²) in [6, 6.07) is 7.16. The molecule has 1 unspecified atom stereocenters. The van der Waals surface area contributed by atoms with Gasteiger partial charge in [0.05, 0.1) is 11.0 Å². The summed E-state index contributed by atoms with van der Waals surface area (Å²) in [5, 5.41) is 2.81. The minimum atomic E-state index is -0.667. The van der Waals surface area contributed by atoms with Crippen molar-refractivity contribution in [2.75, 3.05) is 0 Å². The first-order chi connectivity index (χ1) is 10.5. The molecule has 1 heterocycles. The zero-order chi connectivity index (χ0) is 16.3. The summed E-state index contributed by atoms with van der Waals surface area (Å²) in [5.74, 6) is -0.268. The van der Waals surface area contributed by atoms with Gasteiger partial charge in [-0.1, -0.05) is 19.1 Å². The molecule has 0 saturated heterocycles. The lowest BCUT2D eigenvalue weighted by Gasteiger charge is -2.15. The Morgan fingerprint density at radius 2 is 1.64 bits per heavy atom. The van der Waals surface area contributed by atoms with E-state index in [2.05, 4.69) is 5.32 Å². The number of fused-ring (bicyclic) bond motifs is 1. The van der Waals surface area contributed by atoms with Crippen LogP contribution in [-0.4, -0.2) is 21.1 Å². The highest BCUT2D eigenvalue weighted by Gasteiger charge is 2.15. The molecule has 118 valence electrons. The summed E-state index contributed by atoms with van der Waals surface area (Å²) in [5.41, 5.74) is -0.0171. The van der Waals surface area contributed by atoms with Crippen LogP contribution in [0, 0.1) is 0 Å². The second-order valence-corrected chi connectivity index (χ2v) is 5.31. The van der Waals surface area contributed by atoms with Gasteiger partial charge >= 0.3 is 11.1 Å². The van der Waals surface area contributed by atoms with Crippen molar-refractivity contribution in [2.45, 2.75) is 46.3 Å². The Morgan fingerprint density at radius 3 is 2.18 bits per heavy atom. The van der Waals surface area contributed by atoms with Crippen LogP contribution in [0.1, 0.15) is 27.2 Å². The number of amides is 1. The minimum absolute atomic E-state index is 0.0329. The monoisotopic (exact) mass is 303 g/mol. The van der Waals surface area contributed by atoms with Crippen molar-refractivity contribution in [3.63, 3.8) is 0 Å². The van der Waals surface area contributed by atoms with Crippen LogP contribution in [0.15, 0.2) is 33.9 Å². The number of para-hydroxylation sites is 2. The summed E-state index contributed by atoms with van der Waals surface area (Å²) < 4.78 is 2.68. The zero-order valence-corrected chi connectivity index (χ0v) is 13.1. The normalized spacial score (nSPS) is 12.3. The number of hydrogen-bond acceptors (Lipinski definition) is 3. The fourth-order valence-corrected chi connectivity index (χ4v) is 2.41. The molecule has 0 aliphatic rings. The Bertz CT molecular complexity index is 804. The first-order valence-electron chi connectivity index (χ1n) is 7.51. The summed E-state index contributed by atoms with van der Waals surface area (Å²) in [7, 11) is 0. The van der Waals surface area contributed by atoms with Crippen LogP contribution >= 0.6 is 0 Å². The first kappa shape index (κ1) is 16.0. The van der Waals surface area contributed by atoms with E-state index in [-0.39, 0.29) is 18.5 Å². The average molecular weight is 303 g/mol. The van der Waals surface area contributed by atoms with Gasteiger partial charge in [-0.3, -0.25) is 19.0 Å². The largest absolute Gasteiger partial charge is 0.352 e. The van der Waals surface area contributed by atoms with Crippen molar-refractivity contribution >= 4 is 16.9 Å². The van der Waals surface area contributed by atoms with E-state index in [4.69, 9.17) is 0 Å². The number of carbonyl (C=O) groups excluding carboxylic acids is 1. The summed E-state index contributed by atoms with van der Waals surface area (Å²) >= 11 is 0. The van der Waals surface area contributed by atoms with Gasteiger partial charge in [-0.05, 0) is 32.4 Å². The lowest BCUT2D eigenvalue weighted by molar-refractivity contribution is -0.122. The van der Waals surface area contributed by atoms with Crippen molar-refractivity contribution in [3.05, 3.63) is 45.0 Å². The predicted octanol–water partition coefficient (Wildman–Crippen LogP) is 1.10. The molecule has 2 aromatic rings. The Balaban J connectivity index is 2.55. The van der Waals surface area contributed by atoms with Gasteiger partial charge in [-0.2, -0.15) is 0 Å². The Morgan fingerprint density at radius 1 is 1.09 bits per heavy atom. The molecular weight excluding hydrogens is 282 g/mol. The lowest BCUT2D eigenvalue weighted by atomic mass is 10.2. The van der Waals surface area contributed by atoms with Gasteiger partial charge in [0.2, 0.25) is 5.91 Å². The van der Waals surface area contributed by atoms with Crippen LogP contribution in [0.5, 0.6) is 0 Å². The van der Waals surface area contributed by atoms with Gasteiger partial charge < -0.3 is 9.88 Å². The summed E-state index contributed by atoms with van der Waals surface area (Å²) in [4.78, 5) is 36.6. The molecule has 22 heavy (non-hydrogen) atoms. The number of rotatable bonds is 5. The molecule has 0 spiro atoms. The van der Waals surface area contributed by atoms with E-state index < -0.39 is 11.1 Å². The van der Waals surface area contributed by atoms with Crippen molar-refractivity contribution in [1.82, 2.24) is 14.5 Å². The van der Waals surface area contributed by atoms with E-state index in [1.54, 1.807) is 18.2 Å². The van der Waals surface area contributed by atoms with E-state index in [0.717, 1.165) is 6.42 Å². The first-order valence-corrected chi connectivity index (χ1v) is 7.51. The minimum Gasteiger partial charge on any atom is -0.352 e. The molecule has 0 bridgehead atoms. The molecular formula is C16H21N3O3. The van der Waals surface area contributed by atoms with Gasteiger partial charge in [0, 0.05) is 12.6 Å². The van der Waals surface area contributed by atoms with Crippen LogP contribution in [0.2, 0.25) is 0 Å². The number of aryl methyl sites for hydroxylation is 1. The SMILES string of the molecule is CCC(C)NC(=O)Cn1c(=O)c(=O)n(CC)c2ccccc21. The Labute approximate surface area is 128 Å². The zero-order valence-electron chi connectivity index (χ0n) is 13.1. The molecule has 1 N–H and O–H groups in total. The van der Waals surface area contributed by atoms with Crippen molar-refractivity contribution < 1.29 is 4.79 Å². The fraction of sp³-hybridized carbons (Fsp3) is 0.438. The number of hydrogen-bond donors (Lipinski definition) is 1. The molecule has 1 aromatic carbocycles. The summed E-state index contributed by atoms with van der Waals surface area (Å²) in [6.07, 6.45) is 0.804. The molecule has 1 aromatic heterocycles. The molecule has 0 fully saturated rings. The quantitative estimate of drug-likeness (QED) is 0.841. The van der Waals surface area contributed by atoms with Gasteiger partial charge in [0.1, 0.15) is 6.54 Å².